The van der Waals surface area contributed by atoms with Crippen molar-refractivity contribution in [3.63, 3.8) is 0 Å². The Balaban J connectivity index is 2.34. The van der Waals surface area contributed by atoms with Crippen molar-refractivity contribution in [2.45, 2.75) is 56.0 Å². The minimum absolute atomic E-state index is 0.0504. The highest BCUT2D eigenvalue weighted by Crippen LogP contribution is 2.34. The monoisotopic (exact) mass is 420 g/mol. The normalized spacial score (nSPS) is 24.0. The first-order chi connectivity index (χ1) is 13.0. The molecule has 156 valence electrons. The highest BCUT2D eigenvalue weighted by atomic mass is 32.2. The van der Waals surface area contributed by atoms with Crippen molar-refractivity contribution >= 4 is 35.3 Å². The van der Waals surface area contributed by atoms with Crippen LogP contribution in [-0.4, -0.2) is 75.5 Å². The van der Waals surface area contributed by atoms with Crippen LogP contribution in [0.1, 0.15) is 38.5 Å². The Bertz CT molecular complexity index is 471. The molecular formula is C19H32O6S2. The molecule has 0 saturated heterocycles. The summed E-state index contributed by atoms with van der Waals surface area (Å²) in [4.78, 5) is 22.6. The molecule has 6 nitrogen and oxygen atoms in total. The molecule has 0 aromatic rings. The van der Waals surface area contributed by atoms with Gasteiger partial charge in [0, 0.05) is 26.1 Å². The molecule has 1 aliphatic carbocycles. The predicted molar refractivity (Wildman–Crippen MR) is 110 cm³/mol. The zero-order valence-electron chi connectivity index (χ0n) is 15.9. The second-order valence-corrected chi connectivity index (χ2v) is 9.06. The van der Waals surface area contributed by atoms with Crippen molar-refractivity contribution in [1.29, 1.82) is 0 Å². The number of thioether (sulfide) groups is 2. The lowest BCUT2D eigenvalue weighted by molar-refractivity contribution is -0.133. The Hall–Kier alpha value is -0.540. The van der Waals surface area contributed by atoms with Gasteiger partial charge in [0.1, 0.15) is 5.78 Å². The van der Waals surface area contributed by atoms with Crippen LogP contribution >= 0.6 is 23.5 Å². The molecule has 4 atom stereocenters. The van der Waals surface area contributed by atoms with Crippen molar-refractivity contribution in [3.05, 3.63) is 12.2 Å². The van der Waals surface area contributed by atoms with E-state index in [0.717, 1.165) is 43.8 Å². The minimum atomic E-state index is -0.816. The van der Waals surface area contributed by atoms with Gasteiger partial charge >= 0.3 is 5.97 Å². The Morgan fingerprint density at radius 2 is 2.07 bits per heavy atom. The van der Waals surface area contributed by atoms with E-state index in [-0.39, 0.29) is 29.1 Å². The number of unbranched alkanes of at least 4 members (excludes halogenated alkanes) is 2. The number of hydrogen-bond acceptors (Lipinski definition) is 7. The third-order valence-corrected chi connectivity index (χ3v) is 6.87. The van der Waals surface area contributed by atoms with Gasteiger partial charge in [0.15, 0.2) is 0 Å². The maximum atomic E-state index is 12.1. The fourth-order valence-electron chi connectivity index (χ4n) is 2.97. The van der Waals surface area contributed by atoms with Gasteiger partial charge in [-0.3, -0.25) is 9.59 Å². The predicted octanol–water partition coefficient (Wildman–Crippen LogP) is 2.37. The lowest BCUT2D eigenvalue weighted by Gasteiger charge is -2.17. The van der Waals surface area contributed by atoms with Gasteiger partial charge in [-0.05, 0) is 30.8 Å². The van der Waals surface area contributed by atoms with Gasteiger partial charge in [0.2, 0.25) is 0 Å². The largest absolute Gasteiger partial charge is 0.481 e. The Kier molecular flexibility index (Phi) is 13.1. The summed E-state index contributed by atoms with van der Waals surface area (Å²) in [5.41, 5.74) is 0. The number of rotatable bonds is 15. The van der Waals surface area contributed by atoms with E-state index in [1.165, 1.54) is 23.5 Å². The molecule has 0 aromatic carbocycles. The Labute approximate surface area is 170 Å². The summed E-state index contributed by atoms with van der Waals surface area (Å²) in [6.45, 7) is 0.732. The number of ether oxygens (including phenoxy) is 1. The van der Waals surface area contributed by atoms with E-state index >= 15 is 0 Å². The van der Waals surface area contributed by atoms with Crippen molar-refractivity contribution in [3.8, 4) is 0 Å². The standard InChI is InChI=1S/C19H32O6S2/c1-25-9-4-2-3-6-14(20)7-8-15-16(21)12-17(22)19(15)27-11-5-10-26-13-18(23)24/h7-8,14-16,19-21H,2-6,9-13H2,1H3,(H,23,24)/b8-7+/t14?,15-,16+,19+/m0/s1. The van der Waals surface area contributed by atoms with E-state index in [9.17, 15) is 19.8 Å². The van der Waals surface area contributed by atoms with E-state index in [2.05, 4.69) is 0 Å². The molecule has 0 heterocycles. The second-order valence-electron chi connectivity index (χ2n) is 6.70. The van der Waals surface area contributed by atoms with E-state index in [4.69, 9.17) is 9.84 Å². The average Bonchev–Trinajstić information content (AvgIpc) is 2.88. The van der Waals surface area contributed by atoms with Crippen LogP contribution in [-0.2, 0) is 14.3 Å². The zero-order valence-corrected chi connectivity index (χ0v) is 17.6. The summed E-state index contributed by atoms with van der Waals surface area (Å²) >= 11 is 2.89. The van der Waals surface area contributed by atoms with E-state index < -0.39 is 18.2 Å². The van der Waals surface area contributed by atoms with Crippen LogP contribution in [0.2, 0.25) is 0 Å². The molecule has 1 fully saturated rings. The fourth-order valence-corrected chi connectivity index (χ4v) is 5.16. The molecule has 0 spiro atoms. The second kappa shape index (κ2) is 14.5. The Morgan fingerprint density at radius 3 is 2.78 bits per heavy atom. The number of Topliss-reactive ketones (excluding diaryl/α,β-unsaturated/α-hetero) is 1. The molecule has 1 saturated carbocycles. The summed E-state index contributed by atoms with van der Waals surface area (Å²) in [6, 6.07) is 0. The first-order valence-corrected chi connectivity index (χ1v) is 11.6. The van der Waals surface area contributed by atoms with Crippen molar-refractivity contribution < 1.29 is 29.6 Å². The number of ketones is 1. The molecular weight excluding hydrogens is 388 g/mol. The van der Waals surface area contributed by atoms with Gasteiger partial charge < -0.3 is 20.1 Å². The first-order valence-electron chi connectivity index (χ1n) is 9.43. The molecule has 1 rings (SSSR count). The van der Waals surface area contributed by atoms with E-state index in [1.807, 2.05) is 0 Å². The quantitative estimate of drug-likeness (QED) is 0.274. The minimum Gasteiger partial charge on any atom is -0.481 e. The van der Waals surface area contributed by atoms with Gasteiger partial charge in [0.25, 0.3) is 0 Å². The highest BCUT2D eigenvalue weighted by Gasteiger charge is 2.40. The van der Waals surface area contributed by atoms with E-state index in [0.29, 0.717) is 6.42 Å². The third-order valence-electron chi connectivity index (χ3n) is 4.38. The molecule has 0 aromatic heterocycles. The van der Waals surface area contributed by atoms with Gasteiger partial charge in [-0.25, -0.2) is 0 Å². The fraction of sp³-hybridized carbons (Fsp3) is 0.789. The number of carboxylic acid groups (broad SMARTS) is 1. The van der Waals surface area contributed by atoms with Crippen LogP contribution in [0, 0.1) is 5.92 Å². The molecule has 0 aliphatic heterocycles. The summed E-state index contributed by atoms with van der Waals surface area (Å²) in [7, 11) is 1.68. The molecule has 0 radical (unpaired) electrons. The van der Waals surface area contributed by atoms with E-state index in [1.54, 1.807) is 19.3 Å². The van der Waals surface area contributed by atoms with Crippen LogP contribution in [0.25, 0.3) is 0 Å². The molecule has 1 unspecified atom stereocenters. The zero-order chi connectivity index (χ0) is 20.1. The maximum absolute atomic E-state index is 12.1. The SMILES string of the molecule is COCCCCCC(O)/C=C/[C@H]1[C@H](O)CC(=O)[C@@H]1SCCCSCC(=O)O. The number of aliphatic carboxylic acids is 1. The summed E-state index contributed by atoms with van der Waals surface area (Å²) < 4.78 is 5.00. The number of aliphatic hydroxyl groups is 2. The van der Waals surface area contributed by atoms with Gasteiger partial charge in [0.05, 0.1) is 23.2 Å². The number of carboxylic acids is 1. The van der Waals surface area contributed by atoms with Crippen LogP contribution < -0.4 is 0 Å². The average molecular weight is 421 g/mol. The van der Waals surface area contributed by atoms with Crippen LogP contribution in [0.4, 0.5) is 0 Å². The number of methoxy groups -OCH3 is 1. The maximum Gasteiger partial charge on any atom is 0.313 e. The topological polar surface area (TPSA) is 104 Å². The summed E-state index contributed by atoms with van der Waals surface area (Å²) in [5.74, 6) is 0.559. The molecule has 27 heavy (non-hydrogen) atoms. The third kappa shape index (κ3) is 10.5. The Morgan fingerprint density at radius 1 is 1.30 bits per heavy atom. The van der Waals surface area contributed by atoms with Gasteiger partial charge in [-0.15, -0.1) is 11.8 Å². The smallest absolute Gasteiger partial charge is 0.313 e. The van der Waals surface area contributed by atoms with Crippen molar-refractivity contribution in [2.75, 3.05) is 31.0 Å². The lowest BCUT2D eigenvalue weighted by atomic mass is 10.0. The molecule has 0 amide bonds. The summed E-state index contributed by atoms with van der Waals surface area (Å²) in [6.07, 6.45) is 6.79. The highest BCUT2D eigenvalue weighted by molar-refractivity contribution is 8.01. The van der Waals surface area contributed by atoms with Crippen LogP contribution in [0.15, 0.2) is 12.2 Å². The van der Waals surface area contributed by atoms with Gasteiger partial charge in [-0.1, -0.05) is 25.0 Å². The molecule has 8 heteroatoms. The molecule has 3 N–H and O–H groups in total. The number of aliphatic hydroxyl groups excluding tert-OH is 2. The van der Waals surface area contributed by atoms with Crippen LogP contribution in [0.3, 0.4) is 0 Å². The molecule has 1 aliphatic rings. The van der Waals surface area contributed by atoms with Crippen LogP contribution in [0.5, 0.6) is 0 Å². The number of carbonyl (C=O) groups is 2. The van der Waals surface area contributed by atoms with Crippen molar-refractivity contribution in [1.82, 2.24) is 0 Å². The lowest BCUT2D eigenvalue weighted by Crippen LogP contribution is -2.22. The van der Waals surface area contributed by atoms with Gasteiger partial charge in [-0.2, -0.15) is 11.8 Å². The number of carbonyl (C=O) groups excluding carboxylic acids is 1. The number of hydrogen-bond donors (Lipinski definition) is 3. The molecule has 0 bridgehead atoms. The first kappa shape index (κ1) is 24.5. The van der Waals surface area contributed by atoms with Crippen molar-refractivity contribution in [2.24, 2.45) is 5.92 Å². The summed E-state index contributed by atoms with van der Waals surface area (Å²) in [5, 5.41) is 28.6.